The number of esters is 1. The Labute approximate surface area is 198 Å². The third kappa shape index (κ3) is 5.10. The number of aromatic amines is 1. The lowest BCUT2D eigenvalue weighted by molar-refractivity contribution is 0.0601. The van der Waals surface area contributed by atoms with Crippen molar-refractivity contribution in [2.75, 3.05) is 34.4 Å². The van der Waals surface area contributed by atoms with Gasteiger partial charge in [-0.15, -0.1) is 0 Å². The van der Waals surface area contributed by atoms with E-state index in [0.29, 0.717) is 29.0 Å². The van der Waals surface area contributed by atoms with Crippen molar-refractivity contribution < 1.29 is 19.4 Å². The maximum Gasteiger partial charge on any atom is 0.337 e. The molecule has 0 fully saturated rings. The van der Waals surface area contributed by atoms with Crippen LogP contribution in [0.3, 0.4) is 0 Å². The van der Waals surface area contributed by atoms with Crippen LogP contribution < -0.4 is 4.74 Å². The normalized spacial score (nSPS) is 11.7. The Morgan fingerprint density at radius 3 is 2.41 bits per heavy atom. The van der Waals surface area contributed by atoms with Gasteiger partial charge in [0.2, 0.25) is 0 Å². The lowest BCUT2D eigenvalue weighted by Crippen LogP contribution is -2.19. The summed E-state index contributed by atoms with van der Waals surface area (Å²) in [5, 5.41) is 11.6. The number of carbonyl (C=O) groups is 1. The number of aromatic nitrogens is 1. The van der Waals surface area contributed by atoms with Gasteiger partial charge < -0.3 is 24.5 Å². The summed E-state index contributed by atoms with van der Waals surface area (Å²) >= 11 is 0. The van der Waals surface area contributed by atoms with Gasteiger partial charge in [0, 0.05) is 23.0 Å². The molecule has 0 atom stereocenters. The zero-order valence-corrected chi connectivity index (χ0v) is 19.4. The molecule has 4 aromatic rings. The van der Waals surface area contributed by atoms with Crippen LogP contribution >= 0.6 is 0 Å². The van der Waals surface area contributed by atoms with Crippen LogP contribution in [0, 0.1) is 0 Å². The van der Waals surface area contributed by atoms with Crippen molar-refractivity contribution in [3.05, 3.63) is 89.5 Å². The summed E-state index contributed by atoms with van der Waals surface area (Å²) < 4.78 is 10.6. The molecule has 7 heteroatoms. The van der Waals surface area contributed by atoms with Crippen molar-refractivity contribution >= 4 is 28.3 Å². The van der Waals surface area contributed by atoms with Gasteiger partial charge in [0.15, 0.2) is 5.88 Å². The molecule has 0 spiro atoms. The number of fused-ring (bicyclic) bond motifs is 1. The van der Waals surface area contributed by atoms with E-state index in [1.54, 1.807) is 18.2 Å². The average Bonchev–Trinajstić information content (AvgIpc) is 3.18. The molecule has 0 radical (unpaired) electrons. The van der Waals surface area contributed by atoms with Crippen molar-refractivity contribution in [2.24, 2.45) is 4.99 Å². The first kappa shape index (κ1) is 23.1. The van der Waals surface area contributed by atoms with E-state index in [0.717, 1.165) is 28.9 Å². The van der Waals surface area contributed by atoms with Gasteiger partial charge in [-0.05, 0) is 50.5 Å². The fraction of sp³-hybridized carbons (Fsp3) is 0.185. The highest BCUT2D eigenvalue weighted by atomic mass is 16.5. The second-order valence-electron chi connectivity index (χ2n) is 8.07. The SMILES string of the molecule is COC(=O)c1ccc2c(C(=Nc3ccc(OCCN(C)C)cc3)c3ccccc3)c(O)[nH]c2c1. The number of hydrogen-bond acceptors (Lipinski definition) is 6. The molecule has 0 bridgehead atoms. The molecule has 34 heavy (non-hydrogen) atoms. The number of methoxy groups -OCH3 is 1. The molecular formula is C27H27N3O4. The number of hydrogen-bond donors (Lipinski definition) is 2. The largest absolute Gasteiger partial charge is 0.494 e. The smallest absolute Gasteiger partial charge is 0.337 e. The van der Waals surface area contributed by atoms with Crippen LogP contribution in [0.2, 0.25) is 0 Å². The molecule has 0 saturated carbocycles. The minimum absolute atomic E-state index is 0.0248. The Morgan fingerprint density at radius 1 is 1.00 bits per heavy atom. The van der Waals surface area contributed by atoms with Gasteiger partial charge in [-0.1, -0.05) is 36.4 Å². The Bertz CT molecular complexity index is 1310. The van der Waals surface area contributed by atoms with Crippen molar-refractivity contribution in [3.8, 4) is 11.6 Å². The standard InChI is InChI=1S/C27H27N3O4/c1-30(2)15-16-34-21-12-10-20(11-13-21)28-25(18-7-5-4-6-8-18)24-22-14-9-19(27(32)33-3)17-23(22)29-26(24)31/h4-14,17,29,31H,15-16H2,1-3H3. The molecule has 0 aliphatic rings. The van der Waals surface area contributed by atoms with Gasteiger partial charge >= 0.3 is 5.97 Å². The van der Waals surface area contributed by atoms with Crippen molar-refractivity contribution in [1.29, 1.82) is 0 Å². The minimum atomic E-state index is -0.442. The Morgan fingerprint density at radius 2 is 1.74 bits per heavy atom. The van der Waals surface area contributed by atoms with E-state index in [9.17, 15) is 9.90 Å². The number of nitrogens with zero attached hydrogens (tertiary/aromatic N) is 2. The highest BCUT2D eigenvalue weighted by Gasteiger charge is 2.20. The van der Waals surface area contributed by atoms with Crippen LogP contribution in [-0.4, -0.2) is 61.0 Å². The number of H-pyrrole nitrogens is 1. The van der Waals surface area contributed by atoms with E-state index in [1.807, 2.05) is 68.7 Å². The summed E-state index contributed by atoms with van der Waals surface area (Å²) in [6.07, 6.45) is 0. The maximum atomic E-state index is 11.9. The van der Waals surface area contributed by atoms with Crippen molar-refractivity contribution in [3.63, 3.8) is 0 Å². The number of rotatable bonds is 8. The zero-order chi connectivity index (χ0) is 24.1. The maximum absolute atomic E-state index is 11.9. The predicted octanol–water partition coefficient (Wildman–Crippen LogP) is 4.77. The second kappa shape index (κ2) is 10.2. The van der Waals surface area contributed by atoms with Crippen LogP contribution in [0.4, 0.5) is 5.69 Å². The average molecular weight is 458 g/mol. The summed E-state index contributed by atoms with van der Waals surface area (Å²) in [7, 11) is 5.34. The van der Waals surface area contributed by atoms with Crippen LogP contribution in [0.25, 0.3) is 10.9 Å². The van der Waals surface area contributed by atoms with E-state index in [-0.39, 0.29) is 5.88 Å². The fourth-order valence-electron chi connectivity index (χ4n) is 3.62. The van der Waals surface area contributed by atoms with E-state index in [4.69, 9.17) is 14.5 Å². The second-order valence-corrected chi connectivity index (χ2v) is 8.07. The number of ether oxygens (including phenoxy) is 2. The van der Waals surface area contributed by atoms with Crippen LogP contribution in [0.15, 0.2) is 77.8 Å². The summed E-state index contributed by atoms with van der Waals surface area (Å²) in [6.45, 7) is 1.43. The fourth-order valence-corrected chi connectivity index (χ4v) is 3.62. The number of carbonyl (C=O) groups excluding carboxylic acids is 1. The molecule has 2 N–H and O–H groups in total. The van der Waals surface area contributed by atoms with Crippen LogP contribution in [0.1, 0.15) is 21.5 Å². The first-order valence-corrected chi connectivity index (χ1v) is 10.9. The summed E-state index contributed by atoms with van der Waals surface area (Å²) in [4.78, 5) is 21.9. The molecule has 0 unspecified atom stereocenters. The molecule has 0 saturated heterocycles. The van der Waals surface area contributed by atoms with Gasteiger partial charge in [0.25, 0.3) is 0 Å². The molecule has 1 aromatic heterocycles. The molecule has 1 heterocycles. The number of aromatic hydroxyl groups is 1. The van der Waals surface area contributed by atoms with E-state index < -0.39 is 5.97 Å². The van der Waals surface area contributed by atoms with E-state index >= 15 is 0 Å². The molecule has 174 valence electrons. The molecular weight excluding hydrogens is 430 g/mol. The highest BCUT2D eigenvalue weighted by molar-refractivity contribution is 6.22. The predicted molar refractivity (Wildman–Crippen MR) is 134 cm³/mol. The third-order valence-corrected chi connectivity index (χ3v) is 5.37. The number of aliphatic imine (C=N–C) groups is 1. The Hall–Kier alpha value is -4.10. The quantitative estimate of drug-likeness (QED) is 0.294. The molecule has 0 aliphatic heterocycles. The van der Waals surface area contributed by atoms with Crippen LogP contribution in [-0.2, 0) is 4.74 Å². The van der Waals surface area contributed by atoms with Gasteiger partial charge in [0.05, 0.1) is 29.6 Å². The van der Waals surface area contributed by atoms with Gasteiger partial charge in [-0.25, -0.2) is 9.79 Å². The van der Waals surface area contributed by atoms with Gasteiger partial charge in [0.1, 0.15) is 12.4 Å². The first-order valence-electron chi connectivity index (χ1n) is 10.9. The molecule has 3 aromatic carbocycles. The summed E-state index contributed by atoms with van der Waals surface area (Å²) in [5.41, 5.74) is 3.75. The number of likely N-dealkylation sites (N-methyl/N-ethyl adjacent to an activating group) is 1. The zero-order valence-electron chi connectivity index (χ0n) is 19.4. The molecule has 7 nitrogen and oxygen atoms in total. The van der Waals surface area contributed by atoms with Crippen molar-refractivity contribution in [1.82, 2.24) is 9.88 Å². The number of benzene rings is 3. The summed E-state index contributed by atoms with van der Waals surface area (Å²) in [6, 6.07) is 22.3. The lowest BCUT2D eigenvalue weighted by atomic mass is 10.00. The topological polar surface area (TPSA) is 87.2 Å². The highest BCUT2D eigenvalue weighted by Crippen LogP contribution is 2.32. The van der Waals surface area contributed by atoms with Crippen molar-refractivity contribution in [2.45, 2.75) is 0 Å². The molecule has 0 aliphatic carbocycles. The summed E-state index contributed by atoms with van der Waals surface area (Å²) in [5.74, 6) is 0.304. The molecule has 4 rings (SSSR count). The third-order valence-electron chi connectivity index (χ3n) is 5.37. The van der Waals surface area contributed by atoms with E-state index in [1.165, 1.54) is 7.11 Å². The van der Waals surface area contributed by atoms with Crippen LogP contribution in [0.5, 0.6) is 11.6 Å². The lowest BCUT2D eigenvalue weighted by Gasteiger charge is -2.11. The van der Waals surface area contributed by atoms with Gasteiger partial charge in [-0.2, -0.15) is 0 Å². The van der Waals surface area contributed by atoms with Gasteiger partial charge in [-0.3, -0.25) is 0 Å². The molecule has 0 amide bonds. The Kier molecular flexibility index (Phi) is 6.94. The monoisotopic (exact) mass is 457 g/mol. The first-order chi connectivity index (χ1) is 16.5. The minimum Gasteiger partial charge on any atom is -0.494 e. The Balaban J connectivity index is 1.75. The van der Waals surface area contributed by atoms with E-state index in [2.05, 4.69) is 9.88 Å². The number of nitrogens with one attached hydrogen (secondary N) is 1.